The van der Waals surface area contributed by atoms with Gasteiger partial charge in [0, 0.05) is 31.3 Å². The van der Waals surface area contributed by atoms with Gasteiger partial charge in [-0.2, -0.15) is 0 Å². The van der Waals surface area contributed by atoms with Crippen molar-refractivity contribution in [1.82, 2.24) is 9.55 Å². The molecule has 3 heteroatoms. The molecule has 1 fully saturated rings. The van der Waals surface area contributed by atoms with Gasteiger partial charge < -0.3 is 10.3 Å². The predicted molar refractivity (Wildman–Crippen MR) is 47.9 cm³/mol. The molecule has 0 aliphatic heterocycles. The monoisotopic (exact) mass is 165 g/mol. The summed E-state index contributed by atoms with van der Waals surface area (Å²) in [5, 5.41) is 0. The minimum atomic E-state index is 0.712. The van der Waals surface area contributed by atoms with Crippen LogP contribution in [0.4, 0.5) is 0 Å². The zero-order valence-electron chi connectivity index (χ0n) is 7.45. The van der Waals surface area contributed by atoms with Gasteiger partial charge in [-0.05, 0) is 19.4 Å². The van der Waals surface area contributed by atoms with E-state index in [2.05, 4.69) is 16.6 Å². The second kappa shape index (κ2) is 2.90. The smallest absolute Gasteiger partial charge is 0.111 e. The van der Waals surface area contributed by atoms with Crippen LogP contribution in [0.2, 0.25) is 0 Å². The zero-order valence-corrected chi connectivity index (χ0v) is 7.45. The van der Waals surface area contributed by atoms with Crippen molar-refractivity contribution in [2.24, 2.45) is 12.8 Å². The van der Waals surface area contributed by atoms with Gasteiger partial charge in [0.25, 0.3) is 0 Å². The topological polar surface area (TPSA) is 43.8 Å². The van der Waals surface area contributed by atoms with Crippen LogP contribution in [0.15, 0.2) is 6.20 Å². The highest BCUT2D eigenvalue weighted by atomic mass is 15.1. The normalized spacial score (nSPS) is 16.8. The number of hydrogen-bond acceptors (Lipinski definition) is 2. The molecule has 1 heterocycles. The van der Waals surface area contributed by atoms with Gasteiger partial charge in [-0.3, -0.25) is 0 Å². The summed E-state index contributed by atoms with van der Waals surface area (Å²) in [6.07, 6.45) is 5.52. The average Bonchev–Trinajstić information content (AvgIpc) is 2.82. The Hall–Kier alpha value is -0.830. The maximum Gasteiger partial charge on any atom is 0.111 e. The molecule has 0 bridgehead atoms. The van der Waals surface area contributed by atoms with Crippen molar-refractivity contribution in [3.05, 3.63) is 17.7 Å². The lowest BCUT2D eigenvalue weighted by Gasteiger charge is -2.02. The summed E-state index contributed by atoms with van der Waals surface area (Å²) in [6.45, 7) is 0.712. The van der Waals surface area contributed by atoms with Crippen molar-refractivity contribution in [2.75, 3.05) is 6.54 Å². The molecule has 2 rings (SSSR count). The van der Waals surface area contributed by atoms with Gasteiger partial charge in [-0.1, -0.05) is 0 Å². The highest BCUT2D eigenvalue weighted by molar-refractivity contribution is 5.13. The second-order valence-corrected chi connectivity index (χ2v) is 3.48. The zero-order chi connectivity index (χ0) is 8.55. The van der Waals surface area contributed by atoms with Crippen molar-refractivity contribution in [3.63, 3.8) is 0 Å². The van der Waals surface area contributed by atoms with Crippen LogP contribution in [-0.4, -0.2) is 16.1 Å². The first-order valence-electron chi connectivity index (χ1n) is 4.53. The molecule has 0 spiro atoms. The predicted octanol–water partition coefficient (Wildman–Crippen LogP) is 0.799. The van der Waals surface area contributed by atoms with Crippen molar-refractivity contribution >= 4 is 0 Å². The van der Waals surface area contributed by atoms with Crippen LogP contribution in [0.5, 0.6) is 0 Å². The number of imidazole rings is 1. The Balaban J connectivity index is 2.21. The third-order valence-electron chi connectivity index (χ3n) is 2.46. The van der Waals surface area contributed by atoms with E-state index in [0.717, 1.165) is 12.3 Å². The molecule has 0 atom stereocenters. The van der Waals surface area contributed by atoms with E-state index < -0.39 is 0 Å². The number of hydrogen-bond donors (Lipinski definition) is 1. The fourth-order valence-corrected chi connectivity index (χ4v) is 1.56. The first-order chi connectivity index (χ1) is 5.83. The van der Waals surface area contributed by atoms with Crippen LogP contribution in [0.3, 0.4) is 0 Å². The van der Waals surface area contributed by atoms with Crippen LogP contribution in [0.25, 0.3) is 0 Å². The van der Waals surface area contributed by atoms with E-state index in [9.17, 15) is 0 Å². The third-order valence-corrected chi connectivity index (χ3v) is 2.46. The Kier molecular flexibility index (Phi) is 1.89. The first-order valence-corrected chi connectivity index (χ1v) is 4.53. The molecule has 12 heavy (non-hydrogen) atoms. The quantitative estimate of drug-likeness (QED) is 0.720. The summed E-state index contributed by atoms with van der Waals surface area (Å²) in [7, 11) is 2.09. The lowest BCUT2D eigenvalue weighted by Crippen LogP contribution is -2.07. The molecule has 0 amide bonds. The molecule has 0 saturated heterocycles. The van der Waals surface area contributed by atoms with Gasteiger partial charge in [-0.15, -0.1) is 0 Å². The summed E-state index contributed by atoms with van der Waals surface area (Å²) in [5.41, 5.74) is 6.75. The average molecular weight is 165 g/mol. The fourth-order valence-electron chi connectivity index (χ4n) is 1.56. The fraction of sp³-hybridized carbons (Fsp3) is 0.667. The Bertz CT molecular complexity index is 273. The van der Waals surface area contributed by atoms with E-state index >= 15 is 0 Å². The largest absolute Gasteiger partial charge is 0.335 e. The third kappa shape index (κ3) is 1.25. The maximum atomic E-state index is 5.49. The molecule has 0 unspecified atom stereocenters. The van der Waals surface area contributed by atoms with E-state index in [1.807, 2.05) is 6.20 Å². The Morgan fingerprint density at radius 3 is 3.00 bits per heavy atom. The Labute approximate surface area is 72.6 Å². The molecular weight excluding hydrogens is 150 g/mol. The van der Waals surface area contributed by atoms with Crippen LogP contribution >= 0.6 is 0 Å². The SMILES string of the molecule is Cn1c(CCN)cnc1C1CC1. The molecule has 1 saturated carbocycles. The van der Waals surface area contributed by atoms with E-state index in [1.165, 1.54) is 24.4 Å². The highest BCUT2D eigenvalue weighted by Gasteiger charge is 2.27. The molecule has 1 aromatic heterocycles. The molecule has 2 N–H and O–H groups in total. The van der Waals surface area contributed by atoms with Gasteiger partial charge in [0.05, 0.1) is 0 Å². The van der Waals surface area contributed by atoms with Crippen LogP contribution in [0.1, 0.15) is 30.3 Å². The van der Waals surface area contributed by atoms with Gasteiger partial charge in [-0.25, -0.2) is 4.98 Å². The lowest BCUT2D eigenvalue weighted by molar-refractivity contribution is 0.745. The standard InChI is InChI=1S/C9H15N3/c1-12-8(4-5-10)6-11-9(12)7-2-3-7/h6-7H,2-5,10H2,1H3. The van der Waals surface area contributed by atoms with E-state index in [4.69, 9.17) is 5.73 Å². The molecule has 66 valence electrons. The minimum absolute atomic E-state index is 0.712. The van der Waals surface area contributed by atoms with Crippen LogP contribution in [0, 0.1) is 0 Å². The molecule has 0 aromatic carbocycles. The Morgan fingerprint density at radius 2 is 2.42 bits per heavy atom. The van der Waals surface area contributed by atoms with E-state index in [0.29, 0.717) is 6.54 Å². The molecule has 1 aliphatic rings. The lowest BCUT2D eigenvalue weighted by atomic mass is 10.3. The van der Waals surface area contributed by atoms with Gasteiger partial charge in [0.2, 0.25) is 0 Å². The van der Waals surface area contributed by atoms with Crippen LogP contribution < -0.4 is 5.73 Å². The summed E-state index contributed by atoms with van der Waals surface area (Å²) in [5.74, 6) is 1.99. The number of rotatable bonds is 3. The maximum absolute atomic E-state index is 5.49. The van der Waals surface area contributed by atoms with E-state index in [-0.39, 0.29) is 0 Å². The first kappa shape index (κ1) is 7.80. The molecule has 1 aromatic rings. The molecular formula is C9H15N3. The second-order valence-electron chi connectivity index (χ2n) is 3.48. The number of nitrogens with zero attached hydrogens (tertiary/aromatic N) is 2. The van der Waals surface area contributed by atoms with Crippen molar-refractivity contribution in [1.29, 1.82) is 0 Å². The summed E-state index contributed by atoms with van der Waals surface area (Å²) >= 11 is 0. The van der Waals surface area contributed by atoms with Gasteiger partial charge in [0.15, 0.2) is 0 Å². The van der Waals surface area contributed by atoms with Gasteiger partial charge >= 0.3 is 0 Å². The highest BCUT2D eigenvalue weighted by Crippen LogP contribution is 2.39. The summed E-state index contributed by atoms with van der Waals surface area (Å²) in [4.78, 5) is 4.40. The minimum Gasteiger partial charge on any atom is -0.335 e. The van der Waals surface area contributed by atoms with Crippen molar-refractivity contribution in [2.45, 2.75) is 25.2 Å². The number of aromatic nitrogens is 2. The Morgan fingerprint density at radius 1 is 1.67 bits per heavy atom. The van der Waals surface area contributed by atoms with E-state index in [1.54, 1.807) is 0 Å². The molecule has 0 radical (unpaired) electrons. The van der Waals surface area contributed by atoms with Crippen molar-refractivity contribution < 1.29 is 0 Å². The van der Waals surface area contributed by atoms with Gasteiger partial charge in [0.1, 0.15) is 5.82 Å². The molecule has 1 aliphatic carbocycles. The van der Waals surface area contributed by atoms with Crippen LogP contribution in [-0.2, 0) is 13.5 Å². The summed E-state index contributed by atoms with van der Waals surface area (Å²) < 4.78 is 2.20. The molecule has 3 nitrogen and oxygen atoms in total. The summed E-state index contributed by atoms with van der Waals surface area (Å²) in [6, 6.07) is 0. The van der Waals surface area contributed by atoms with Crippen molar-refractivity contribution in [3.8, 4) is 0 Å². The number of nitrogens with two attached hydrogens (primary N) is 1.